The van der Waals surface area contributed by atoms with Crippen LogP contribution in [0.1, 0.15) is 16.9 Å². The van der Waals surface area contributed by atoms with Crippen LogP contribution in [0, 0.1) is 5.92 Å². The number of rotatable bonds is 4. The van der Waals surface area contributed by atoms with Crippen LogP contribution < -0.4 is 5.32 Å². The second-order valence-electron chi connectivity index (χ2n) is 5.00. The lowest BCUT2D eigenvalue weighted by Gasteiger charge is -2.14. The predicted octanol–water partition coefficient (Wildman–Crippen LogP) is 0.554. The van der Waals surface area contributed by atoms with Gasteiger partial charge < -0.3 is 19.6 Å². The van der Waals surface area contributed by atoms with Crippen LogP contribution in [0.25, 0.3) is 5.52 Å². The first-order valence-electron chi connectivity index (χ1n) is 6.70. The average molecular weight is 289 g/mol. The van der Waals surface area contributed by atoms with Gasteiger partial charge in [0.05, 0.1) is 6.33 Å². The summed E-state index contributed by atoms with van der Waals surface area (Å²) in [6.07, 6.45) is 3.20. The van der Waals surface area contributed by atoms with Crippen LogP contribution in [-0.2, 0) is 9.53 Å². The Morgan fingerprint density at radius 1 is 1.52 bits per heavy atom. The summed E-state index contributed by atoms with van der Waals surface area (Å²) in [5, 5.41) is 11.7. The van der Waals surface area contributed by atoms with Crippen molar-refractivity contribution in [2.45, 2.75) is 12.5 Å². The minimum atomic E-state index is -0.987. The van der Waals surface area contributed by atoms with E-state index in [1.807, 2.05) is 22.7 Å². The fourth-order valence-electron chi connectivity index (χ4n) is 2.49. The lowest BCUT2D eigenvalue weighted by molar-refractivity contribution is -0.149. The van der Waals surface area contributed by atoms with Crippen LogP contribution in [0.15, 0.2) is 30.7 Å². The molecule has 0 aliphatic carbocycles. The van der Waals surface area contributed by atoms with Gasteiger partial charge >= 0.3 is 5.97 Å². The highest BCUT2D eigenvalue weighted by atomic mass is 16.5. The molecule has 2 aromatic heterocycles. The molecule has 1 amide bonds. The smallest absolute Gasteiger partial charge is 0.333 e. The number of hydrogen-bond donors (Lipinski definition) is 2. The number of carbonyl (C=O) groups excluding carboxylic acids is 1. The SMILES string of the molecule is O=C(NC[C@H]1CCO[C@H]1C(=O)O)c1cc2cccn2cn1. The van der Waals surface area contributed by atoms with E-state index in [1.54, 1.807) is 12.4 Å². The first-order valence-corrected chi connectivity index (χ1v) is 6.70. The second-order valence-corrected chi connectivity index (χ2v) is 5.00. The summed E-state index contributed by atoms with van der Waals surface area (Å²) in [5.74, 6) is -1.50. The number of ether oxygens (including phenoxy) is 1. The van der Waals surface area contributed by atoms with E-state index < -0.39 is 12.1 Å². The number of carboxylic acids is 1. The molecular formula is C14H15N3O4. The predicted molar refractivity (Wildman–Crippen MR) is 73.0 cm³/mol. The zero-order valence-corrected chi connectivity index (χ0v) is 11.2. The summed E-state index contributed by atoms with van der Waals surface area (Å²) in [7, 11) is 0. The van der Waals surface area contributed by atoms with Crippen molar-refractivity contribution in [3.05, 3.63) is 36.4 Å². The van der Waals surface area contributed by atoms with Gasteiger partial charge in [0, 0.05) is 30.8 Å². The maximum atomic E-state index is 12.1. The molecule has 110 valence electrons. The van der Waals surface area contributed by atoms with E-state index in [1.165, 1.54) is 0 Å². The molecule has 7 heteroatoms. The van der Waals surface area contributed by atoms with E-state index in [2.05, 4.69) is 10.3 Å². The molecule has 1 saturated heterocycles. The third kappa shape index (κ3) is 2.73. The number of nitrogens with one attached hydrogen (secondary N) is 1. The van der Waals surface area contributed by atoms with Gasteiger partial charge in [0.15, 0.2) is 6.10 Å². The van der Waals surface area contributed by atoms with Crippen molar-refractivity contribution in [1.29, 1.82) is 0 Å². The highest BCUT2D eigenvalue weighted by Crippen LogP contribution is 2.20. The maximum absolute atomic E-state index is 12.1. The molecule has 0 unspecified atom stereocenters. The lowest BCUT2D eigenvalue weighted by Crippen LogP contribution is -2.36. The van der Waals surface area contributed by atoms with Crippen molar-refractivity contribution in [3.8, 4) is 0 Å². The number of carbonyl (C=O) groups is 2. The van der Waals surface area contributed by atoms with Crippen molar-refractivity contribution in [2.75, 3.05) is 13.2 Å². The van der Waals surface area contributed by atoms with Crippen molar-refractivity contribution in [1.82, 2.24) is 14.7 Å². The Hall–Kier alpha value is -2.41. The van der Waals surface area contributed by atoms with E-state index >= 15 is 0 Å². The topological polar surface area (TPSA) is 92.9 Å². The third-order valence-electron chi connectivity index (χ3n) is 3.63. The minimum absolute atomic E-state index is 0.205. The van der Waals surface area contributed by atoms with Crippen molar-refractivity contribution >= 4 is 17.4 Å². The molecule has 1 aliphatic heterocycles. The molecule has 2 atom stereocenters. The lowest BCUT2D eigenvalue weighted by atomic mass is 10.0. The molecule has 0 radical (unpaired) electrons. The average Bonchev–Trinajstić information content (AvgIpc) is 3.12. The molecule has 1 aliphatic rings. The molecule has 2 N–H and O–H groups in total. The van der Waals surface area contributed by atoms with Crippen LogP contribution >= 0.6 is 0 Å². The largest absolute Gasteiger partial charge is 0.479 e. The number of amides is 1. The standard InChI is InChI=1S/C14H15N3O4/c18-13(11-6-10-2-1-4-17(10)8-16-11)15-7-9-3-5-21-12(9)14(19)20/h1-2,4,6,8-9,12H,3,5,7H2,(H,15,18)(H,19,20)/t9-,12-/m1/s1. The van der Waals surface area contributed by atoms with Gasteiger partial charge in [-0.1, -0.05) is 0 Å². The number of nitrogens with zero attached hydrogens (tertiary/aromatic N) is 2. The second kappa shape index (κ2) is 5.53. The Morgan fingerprint density at radius 2 is 2.38 bits per heavy atom. The van der Waals surface area contributed by atoms with E-state index in [4.69, 9.17) is 9.84 Å². The number of fused-ring (bicyclic) bond motifs is 1. The van der Waals surface area contributed by atoms with Crippen LogP contribution in [0.3, 0.4) is 0 Å². The zero-order chi connectivity index (χ0) is 14.8. The minimum Gasteiger partial charge on any atom is -0.479 e. The summed E-state index contributed by atoms with van der Waals surface area (Å²) in [6.45, 7) is 0.676. The first-order chi connectivity index (χ1) is 10.1. The fourth-order valence-corrected chi connectivity index (χ4v) is 2.49. The van der Waals surface area contributed by atoms with Gasteiger partial charge in [-0.25, -0.2) is 9.78 Å². The van der Waals surface area contributed by atoms with Crippen LogP contribution in [-0.4, -0.2) is 45.6 Å². The Balaban J connectivity index is 1.64. The van der Waals surface area contributed by atoms with E-state index in [-0.39, 0.29) is 18.4 Å². The molecule has 0 aromatic carbocycles. The highest BCUT2D eigenvalue weighted by molar-refractivity contribution is 5.93. The van der Waals surface area contributed by atoms with Crippen molar-refractivity contribution < 1.29 is 19.4 Å². The number of carboxylic acid groups (broad SMARTS) is 1. The summed E-state index contributed by atoms with van der Waals surface area (Å²) in [5.41, 5.74) is 1.19. The van der Waals surface area contributed by atoms with Gasteiger partial charge in [0.1, 0.15) is 5.69 Å². The maximum Gasteiger partial charge on any atom is 0.333 e. The van der Waals surface area contributed by atoms with Crippen LogP contribution in [0.5, 0.6) is 0 Å². The van der Waals surface area contributed by atoms with E-state index in [0.29, 0.717) is 18.7 Å². The Labute approximate surface area is 120 Å². The van der Waals surface area contributed by atoms with Crippen LogP contribution in [0.4, 0.5) is 0 Å². The molecule has 0 saturated carbocycles. The Kier molecular flexibility index (Phi) is 3.57. The van der Waals surface area contributed by atoms with Crippen LogP contribution in [0.2, 0.25) is 0 Å². The molecule has 1 fully saturated rings. The molecular weight excluding hydrogens is 274 g/mol. The summed E-state index contributed by atoms with van der Waals surface area (Å²) in [6, 6.07) is 5.44. The Bertz CT molecular complexity index is 682. The molecule has 2 aromatic rings. The van der Waals surface area contributed by atoms with Crippen molar-refractivity contribution in [3.63, 3.8) is 0 Å². The normalized spacial score (nSPS) is 21.5. The van der Waals surface area contributed by atoms with E-state index in [0.717, 1.165) is 5.52 Å². The highest BCUT2D eigenvalue weighted by Gasteiger charge is 2.34. The molecule has 21 heavy (non-hydrogen) atoms. The number of aliphatic carboxylic acids is 1. The summed E-state index contributed by atoms with van der Waals surface area (Å²) >= 11 is 0. The molecule has 7 nitrogen and oxygen atoms in total. The summed E-state index contributed by atoms with van der Waals surface area (Å²) in [4.78, 5) is 27.1. The Morgan fingerprint density at radius 3 is 3.19 bits per heavy atom. The third-order valence-corrected chi connectivity index (χ3v) is 3.63. The van der Waals surface area contributed by atoms with Crippen molar-refractivity contribution in [2.24, 2.45) is 5.92 Å². The zero-order valence-electron chi connectivity index (χ0n) is 11.2. The van der Waals surface area contributed by atoms with Gasteiger partial charge in [-0.2, -0.15) is 0 Å². The quantitative estimate of drug-likeness (QED) is 0.857. The van der Waals surface area contributed by atoms with E-state index in [9.17, 15) is 9.59 Å². The molecule has 3 rings (SSSR count). The first kappa shape index (κ1) is 13.6. The molecule has 0 spiro atoms. The monoisotopic (exact) mass is 289 g/mol. The van der Waals surface area contributed by atoms with Gasteiger partial charge in [-0.15, -0.1) is 0 Å². The number of hydrogen-bond acceptors (Lipinski definition) is 4. The molecule has 0 bridgehead atoms. The van der Waals surface area contributed by atoms with Gasteiger partial charge in [0.2, 0.25) is 0 Å². The van der Waals surface area contributed by atoms with Gasteiger partial charge in [-0.05, 0) is 24.6 Å². The molecule has 3 heterocycles. The van der Waals surface area contributed by atoms with Gasteiger partial charge in [-0.3, -0.25) is 4.79 Å². The summed E-state index contributed by atoms with van der Waals surface area (Å²) < 4.78 is 6.95. The fraction of sp³-hybridized carbons (Fsp3) is 0.357. The van der Waals surface area contributed by atoms with Gasteiger partial charge in [0.25, 0.3) is 5.91 Å². The number of aromatic nitrogens is 2.